The van der Waals surface area contributed by atoms with Gasteiger partial charge in [0.05, 0.1) is 0 Å². The van der Waals surface area contributed by atoms with Crippen molar-refractivity contribution in [3.63, 3.8) is 0 Å². The first-order valence-corrected chi connectivity index (χ1v) is 7.28. The second-order valence-corrected chi connectivity index (χ2v) is 5.70. The Balaban J connectivity index is 1.73. The Hall–Kier alpha value is -2.62. The van der Waals surface area contributed by atoms with E-state index in [4.69, 9.17) is 0 Å². The van der Waals surface area contributed by atoms with E-state index in [1.165, 1.54) is 34.2 Å². The molecule has 1 atom stereocenters. The molecule has 114 valence electrons. The zero-order valence-corrected chi connectivity index (χ0v) is 12.7. The van der Waals surface area contributed by atoms with Crippen LogP contribution in [0.2, 0.25) is 0 Å². The summed E-state index contributed by atoms with van der Waals surface area (Å²) in [6.45, 7) is -0.0567. The highest BCUT2D eigenvalue weighted by atomic mass is 32.1. The Morgan fingerprint density at radius 2 is 2.18 bits per heavy atom. The lowest BCUT2D eigenvalue weighted by molar-refractivity contribution is -0.519. The number of urea groups is 1. The number of imide groups is 1. The molecule has 0 aromatic carbocycles. The fourth-order valence-corrected chi connectivity index (χ4v) is 2.83. The molecule has 1 N–H and O–H groups in total. The Labute approximate surface area is 129 Å². The number of likely N-dealkylation sites (N-methyl/N-ethyl adjacent to an activating group) is 2. The average molecular weight is 321 g/mol. The van der Waals surface area contributed by atoms with E-state index in [1.807, 2.05) is 0 Å². The Kier molecular flexibility index (Phi) is 3.45. The summed E-state index contributed by atoms with van der Waals surface area (Å²) < 4.78 is 1.50. The smallest absolute Gasteiger partial charge is 0.299 e. The first-order valence-electron chi connectivity index (χ1n) is 6.40. The van der Waals surface area contributed by atoms with Crippen molar-refractivity contribution in [1.82, 2.24) is 14.8 Å². The number of thiazole rings is 1. The molecule has 3 rings (SSSR count). The van der Waals surface area contributed by atoms with Crippen molar-refractivity contribution in [2.75, 3.05) is 26.0 Å². The van der Waals surface area contributed by atoms with Crippen LogP contribution in [0.25, 0.3) is 0 Å². The van der Waals surface area contributed by atoms with Crippen LogP contribution in [0.1, 0.15) is 0 Å². The zero-order valence-electron chi connectivity index (χ0n) is 11.9. The summed E-state index contributed by atoms with van der Waals surface area (Å²) in [5.41, 5.74) is 0. The van der Waals surface area contributed by atoms with Crippen LogP contribution in [-0.2, 0) is 9.59 Å². The quantitative estimate of drug-likeness (QED) is 0.754. The van der Waals surface area contributed by atoms with Crippen LogP contribution in [-0.4, -0.2) is 76.1 Å². The molecule has 0 spiro atoms. The third-order valence-electron chi connectivity index (χ3n) is 3.40. The highest BCUT2D eigenvalue weighted by Crippen LogP contribution is 2.17. The van der Waals surface area contributed by atoms with Crippen molar-refractivity contribution in [3.8, 4) is 0 Å². The van der Waals surface area contributed by atoms with Crippen molar-refractivity contribution in [3.05, 3.63) is 11.6 Å². The summed E-state index contributed by atoms with van der Waals surface area (Å²) in [6.07, 6.45) is 2.99. The highest BCUT2D eigenvalue weighted by Gasteiger charge is 2.50. The number of nitrogens with one attached hydrogen (secondary N) is 1. The lowest BCUT2D eigenvalue weighted by Gasteiger charge is -2.30. The van der Waals surface area contributed by atoms with Crippen molar-refractivity contribution in [2.24, 2.45) is 4.99 Å². The number of anilines is 1. The maximum Gasteiger partial charge on any atom is 0.333 e. The average Bonchev–Trinajstić information content (AvgIpc) is 3.12. The molecule has 10 heteroatoms. The van der Waals surface area contributed by atoms with Crippen molar-refractivity contribution in [1.29, 1.82) is 0 Å². The fraction of sp³-hybridized carbons (Fsp3) is 0.333. The molecule has 2 aliphatic heterocycles. The van der Waals surface area contributed by atoms with Gasteiger partial charge in [0.25, 0.3) is 30.0 Å². The van der Waals surface area contributed by atoms with E-state index in [0.717, 1.165) is 4.90 Å². The minimum Gasteiger partial charge on any atom is -0.299 e. The Bertz CT molecular complexity index is 710. The van der Waals surface area contributed by atoms with Gasteiger partial charge in [-0.25, -0.2) is 14.4 Å². The molecule has 1 fully saturated rings. The molecule has 22 heavy (non-hydrogen) atoms. The Morgan fingerprint density at radius 3 is 2.86 bits per heavy atom. The number of carbonyl (C=O) groups is 3. The Morgan fingerprint density at radius 1 is 1.41 bits per heavy atom. The van der Waals surface area contributed by atoms with E-state index in [9.17, 15) is 14.4 Å². The largest absolute Gasteiger partial charge is 0.333 e. The molecular weight excluding hydrogens is 308 g/mol. The number of nitrogens with zero attached hydrogens (tertiary/aromatic N) is 5. The number of amidine groups is 1. The van der Waals surface area contributed by atoms with Crippen LogP contribution < -0.4 is 5.32 Å². The summed E-state index contributed by atoms with van der Waals surface area (Å²) in [5, 5.41) is 4.88. The topological polar surface area (TPSA) is 98.0 Å². The van der Waals surface area contributed by atoms with Gasteiger partial charge in [-0.15, -0.1) is 11.3 Å². The molecule has 1 saturated heterocycles. The van der Waals surface area contributed by atoms with Gasteiger partial charge in [0.2, 0.25) is 0 Å². The third-order valence-corrected chi connectivity index (χ3v) is 4.09. The van der Waals surface area contributed by atoms with Gasteiger partial charge in [-0.2, -0.15) is 0 Å². The zero-order chi connectivity index (χ0) is 15.9. The van der Waals surface area contributed by atoms with Gasteiger partial charge in [-0.1, -0.05) is 0 Å². The van der Waals surface area contributed by atoms with Gasteiger partial charge in [0.1, 0.15) is 0 Å². The number of hydrogen-bond donors (Lipinski definition) is 1. The van der Waals surface area contributed by atoms with Crippen LogP contribution in [0.15, 0.2) is 16.6 Å². The van der Waals surface area contributed by atoms with Crippen LogP contribution in [0.4, 0.5) is 9.93 Å². The lowest BCUT2D eigenvalue weighted by Crippen LogP contribution is -2.61. The molecule has 1 unspecified atom stereocenters. The second-order valence-electron chi connectivity index (χ2n) is 4.80. The normalized spacial score (nSPS) is 20.7. The molecule has 1 aromatic heterocycles. The molecule has 2 aliphatic rings. The minimum atomic E-state index is -0.755. The third kappa shape index (κ3) is 2.26. The lowest BCUT2D eigenvalue weighted by atomic mass is 10.1. The molecule has 0 radical (unpaired) electrons. The number of fused-ring (bicyclic) bond motifs is 1. The van der Waals surface area contributed by atoms with Crippen molar-refractivity contribution >= 4 is 46.5 Å². The second kappa shape index (κ2) is 5.30. The van der Waals surface area contributed by atoms with Crippen LogP contribution >= 0.6 is 11.3 Å². The van der Waals surface area contributed by atoms with Gasteiger partial charge >= 0.3 is 6.03 Å². The van der Waals surface area contributed by atoms with Crippen molar-refractivity contribution in [2.45, 2.75) is 6.04 Å². The summed E-state index contributed by atoms with van der Waals surface area (Å²) in [6, 6.07) is -1.20. The summed E-state index contributed by atoms with van der Waals surface area (Å²) in [5.74, 6) is -0.384. The molecule has 4 amide bonds. The van der Waals surface area contributed by atoms with Gasteiger partial charge in [-0.3, -0.25) is 24.7 Å². The summed E-state index contributed by atoms with van der Waals surface area (Å²) in [7, 11) is 2.95. The number of aliphatic imine (C=N–C) groups is 1. The van der Waals surface area contributed by atoms with E-state index >= 15 is 0 Å². The number of amides is 4. The molecule has 3 heterocycles. The molecule has 1 aromatic rings. The summed E-state index contributed by atoms with van der Waals surface area (Å²) in [4.78, 5) is 46.5. The van der Waals surface area contributed by atoms with Crippen LogP contribution in [0, 0.1) is 0 Å². The van der Waals surface area contributed by atoms with E-state index in [-0.39, 0.29) is 12.5 Å². The van der Waals surface area contributed by atoms with E-state index in [0.29, 0.717) is 11.0 Å². The maximum atomic E-state index is 12.3. The van der Waals surface area contributed by atoms with E-state index < -0.39 is 18.0 Å². The molecule has 0 saturated carbocycles. The van der Waals surface area contributed by atoms with Crippen LogP contribution in [0.3, 0.4) is 0 Å². The fourth-order valence-electron chi connectivity index (χ4n) is 2.28. The monoisotopic (exact) mass is 321 g/mol. The number of rotatable bonds is 3. The molecule has 0 bridgehead atoms. The predicted octanol–water partition coefficient (Wildman–Crippen LogP) is -0.573. The van der Waals surface area contributed by atoms with E-state index in [1.54, 1.807) is 18.6 Å². The number of hydrogen-bond acceptors (Lipinski definition) is 6. The molecule has 0 aliphatic carbocycles. The minimum absolute atomic E-state index is 0.0567. The summed E-state index contributed by atoms with van der Waals surface area (Å²) >= 11 is 1.31. The van der Waals surface area contributed by atoms with Gasteiger partial charge in [0.15, 0.2) is 11.7 Å². The first kappa shape index (κ1) is 14.3. The molecule has 9 nitrogen and oxygen atoms in total. The standard InChI is InChI=1S/C12H12N6O3S/c1-16-9-8(10(20)17(2)12(16)21)18(6-14-9)5-7(19)15-11-13-3-4-22-11/h3-4,6,8H,5H2,1-2H3/p+1. The molecular formula is C12H13N6O3S+. The van der Waals surface area contributed by atoms with Crippen molar-refractivity contribution < 1.29 is 19.0 Å². The predicted molar refractivity (Wildman–Crippen MR) is 79.1 cm³/mol. The van der Waals surface area contributed by atoms with Crippen LogP contribution in [0.5, 0.6) is 0 Å². The first-order chi connectivity index (χ1) is 10.5. The SMILES string of the molecule is CN1C(=O)C2C(=NC=[N+]2CC(=O)Nc2nccs2)N(C)C1=O. The highest BCUT2D eigenvalue weighted by molar-refractivity contribution is 7.13. The van der Waals surface area contributed by atoms with Gasteiger partial charge in [0, 0.05) is 25.7 Å². The number of aromatic nitrogens is 1. The number of carbonyl (C=O) groups excluding carboxylic acids is 3. The maximum absolute atomic E-state index is 12.3. The van der Waals surface area contributed by atoms with E-state index in [2.05, 4.69) is 15.3 Å². The van der Waals surface area contributed by atoms with Gasteiger partial charge < -0.3 is 0 Å². The van der Waals surface area contributed by atoms with Gasteiger partial charge in [-0.05, 0) is 4.99 Å².